The van der Waals surface area contributed by atoms with Gasteiger partial charge in [0.05, 0.1) is 23.3 Å². The Morgan fingerprint density at radius 2 is 2.22 bits per heavy atom. The maximum absolute atomic E-state index is 12.2. The highest BCUT2D eigenvalue weighted by Crippen LogP contribution is 2.31. The molecule has 0 radical (unpaired) electrons. The van der Waals surface area contributed by atoms with Gasteiger partial charge in [0, 0.05) is 12.1 Å². The van der Waals surface area contributed by atoms with Crippen LogP contribution >= 0.6 is 0 Å². The molecule has 0 aliphatic heterocycles. The van der Waals surface area contributed by atoms with Gasteiger partial charge in [-0.05, 0) is 13.0 Å². The molecule has 0 saturated heterocycles. The van der Waals surface area contributed by atoms with Crippen molar-refractivity contribution in [1.29, 1.82) is 0 Å². The summed E-state index contributed by atoms with van der Waals surface area (Å²) < 4.78 is 28.6. The number of halogens is 2. The molecule has 1 aromatic carbocycles. The molecule has 0 fully saturated rings. The summed E-state index contributed by atoms with van der Waals surface area (Å²) in [6.07, 6.45) is 0. The lowest BCUT2D eigenvalue weighted by Crippen LogP contribution is -2.20. The van der Waals surface area contributed by atoms with E-state index in [0.29, 0.717) is 0 Å². The average Bonchev–Trinajstić information content (AvgIpc) is 2.30. The van der Waals surface area contributed by atoms with Crippen LogP contribution in [0.1, 0.15) is 6.92 Å². The minimum Gasteiger partial charge on any atom is -0.432 e. The quantitative estimate of drug-likeness (QED) is 0.605. The Morgan fingerprint density at radius 1 is 1.56 bits per heavy atom. The molecule has 0 bridgehead atoms. The van der Waals surface area contributed by atoms with E-state index >= 15 is 0 Å². The summed E-state index contributed by atoms with van der Waals surface area (Å²) in [4.78, 5) is 9.82. The van der Waals surface area contributed by atoms with Crippen LogP contribution in [0.3, 0.4) is 0 Å². The molecular weight excluding hydrogens is 250 g/mol. The monoisotopic (exact) mass is 262 g/mol. The van der Waals surface area contributed by atoms with E-state index in [0.717, 1.165) is 12.1 Å². The van der Waals surface area contributed by atoms with Crippen LogP contribution in [0.25, 0.3) is 0 Å². The van der Waals surface area contributed by atoms with Crippen LogP contribution in [0.15, 0.2) is 18.2 Å². The number of alkyl halides is 2. The number of nitrogens with one attached hydrogen (secondary N) is 1. The standard InChI is InChI=1S/C10H12F2N2O4/c1-6(5-15)13-8-3-2-7(14(16)17)4-9(8)18-10(11)12/h2-4,6,10,13,15H,5H2,1H3/t6-/m1/s1. The van der Waals surface area contributed by atoms with Gasteiger partial charge in [0.2, 0.25) is 0 Å². The Morgan fingerprint density at radius 3 is 2.72 bits per heavy atom. The first-order chi connectivity index (χ1) is 8.43. The summed E-state index contributed by atoms with van der Waals surface area (Å²) in [7, 11) is 0. The molecule has 100 valence electrons. The molecule has 0 amide bonds. The van der Waals surface area contributed by atoms with Gasteiger partial charge in [0.1, 0.15) is 0 Å². The average molecular weight is 262 g/mol. The third-order valence-corrected chi connectivity index (χ3v) is 2.07. The number of aliphatic hydroxyl groups is 1. The van der Waals surface area contributed by atoms with E-state index in [2.05, 4.69) is 10.1 Å². The SMILES string of the molecule is C[C@H](CO)Nc1ccc([N+](=O)[O-])cc1OC(F)F. The molecule has 0 unspecified atom stereocenters. The third-order valence-electron chi connectivity index (χ3n) is 2.07. The lowest BCUT2D eigenvalue weighted by molar-refractivity contribution is -0.385. The molecular formula is C10H12F2N2O4. The highest BCUT2D eigenvalue weighted by Gasteiger charge is 2.16. The van der Waals surface area contributed by atoms with Crippen molar-refractivity contribution in [3.8, 4) is 5.75 Å². The number of nitrogens with zero attached hydrogens (tertiary/aromatic N) is 1. The maximum Gasteiger partial charge on any atom is 0.387 e. The van der Waals surface area contributed by atoms with Crippen molar-refractivity contribution in [2.24, 2.45) is 0 Å². The molecule has 0 spiro atoms. The van der Waals surface area contributed by atoms with E-state index in [4.69, 9.17) is 5.11 Å². The Balaban J connectivity index is 3.04. The summed E-state index contributed by atoms with van der Waals surface area (Å²) >= 11 is 0. The molecule has 18 heavy (non-hydrogen) atoms. The molecule has 1 aromatic rings. The van der Waals surface area contributed by atoms with Crippen molar-refractivity contribution in [3.05, 3.63) is 28.3 Å². The van der Waals surface area contributed by atoms with Crippen LogP contribution in [-0.2, 0) is 0 Å². The van der Waals surface area contributed by atoms with E-state index < -0.39 is 17.6 Å². The number of aliphatic hydroxyl groups excluding tert-OH is 1. The van der Waals surface area contributed by atoms with Gasteiger partial charge < -0.3 is 15.2 Å². The first-order valence-electron chi connectivity index (χ1n) is 5.04. The fourth-order valence-corrected chi connectivity index (χ4v) is 1.25. The van der Waals surface area contributed by atoms with Gasteiger partial charge in [0.15, 0.2) is 5.75 Å². The van der Waals surface area contributed by atoms with E-state index in [9.17, 15) is 18.9 Å². The minimum absolute atomic E-state index is 0.155. The number of non-ortho nitro benzene ring substituents is 1. The molecule has 6 nitrogen and oxygen atoms in total. The van der Waals surface area contributed by atoms with Crippen LogP contribution < -0.4 is 10.1 Å². The zero-order chi connectivity index (χ0) is 13.7. The smallest absolute Gasteiger partial charge is 0.387 e. The number of ether oxygens (including phenoxy) is 1. The van der Waals surface area contributed by atoms with Crippen molar-refractivity contribution in [2.75, 3.05) is 11.9 Å². The van der Waals surface area contributed by atoms with Gasteiger partial charge in [-0.25, -0.2) is 0 Å². The second kappa shape index (κ2) is 6.10. The van der Waals surface area contributed by atoms with Crippen LogP contribution in [0.2, 0.25) is 0 Å². The topological polar surface area (TPSA) is 84.6 Å². The molecule has 0 aliphatic carbocycles. The highest BCUT2D eigenvalue weighted by atomic mass is 19.3. The summed E-state index contributed by atoms with van der Waals surface area (Å²) in [6.45, 7) is -1.68. The molecule has 2 N–H and O–H groups in total. The Hall–Kier alpha value is -1.96. The molecule has 0 saturated carbocycles. The first-order valence-corrected chi connectivity index (χ1v) is 5.04. The highest BCUT2D eigenvalue weighted by molar-refractivity contribution is 5.61. The van der Waals surface area contributed by atoms with Crippen LogP contribution in [0, 0.1) is 10.1 Å². The second-order valence-corrected chi connectivity index (χ2v) is 3.54. The zero-order valence-electron chi connectivity index (χ0n) is 9.47. The number of rotatable bonds is 6. The molecule has 1 rings (SSSR count). The number of anilines is 1. The van der Waals surface area contributed by atoms with Gasteiger partial charge in [0.25, 0.3) is 5.69 Å². The predicted octanol–water partition coefficient (Wildman–Crippen LogP) is 1.99. The maximum atomic E-state index is 12.2. The Labute approximate surface area is 101 Å². The zero-order valence-corrected chi connectivity index (χ0v) is 9.47. The van der Waals surface area contributed by atoms with Crippen molar-refractivity contribution >= 4 is 11.4 Å². The number of benzene rings is 1. The van der Waals surface area contributed by atoms with Crippen LogP contribution in [0.4, 0.5) is 20.2 Å². The van der Waals surface area contributed by atoms with Gasteiger partial charge in [-0.1, -0.05) is 0 Å². The van der Waals surface area contributed by atoms with Crippen LogP contribution in [0.5, 0.6) is 5.75 Å². The lowest BCUT2D eigenvalue weighted by Gasteiger charge is -2.16. The fourth-order valence-electron chi connectivity index (χ4n) is 1.25. The number of nitro benzene ring substituents is 1. The predicted molar refractivity (Wildman–Crippen MR) is 59.9 cm³/mol. The number of hydrogen-bond acceptors (Lipinski definition) is 5. The Kier molecular flexibility index (Phi) is 4.78. The fraction of sp³-hybridized carbons (Fsp3) is 0.400. The largest absolute Gasteiger partial charge is 0.432 e. The van der Waals surface area contributed by atoms with Gasteiger partial charge >= 0.3 is 6.61 Å². The molecule has 8 heteroatoms. The van der Waals surface area contributed by atoms with E-state index in [1.54, 1.807) is 6.92 Å². The molecule has 0 aromatic heterocycles. The third kappa shape index (κ3) is 3.81. The van der Waals surface area contributed by atoms with Crippen molar-refractivity contribution in [3.63, 3.8) is 0 Å². The number of hydrogen-bond donors (Lipinski definition) is 2. The summed E-state index contributed by atoms with van der Waals surface area (Å²) in [5.41, 5.74) is -0.199. The van der Waals surface area contributed by atoms with Gasteiger partial charge in [-0.15, -0.1) is 0 Å². The van der Waals surface area contributed by atoms with Gasteiger partial charge in [-0.3, -0.25) is 10.1 Å². The Bertz CT molecular complexity index is 428. The molecule has 0 aliphatic rings. The normalized spacial score (nSPS) is 12.3. The van der Waals surface area contributed by atoms with Gasteiger partial charge in [-0.2, -0.15) is 8.78 Å². The van der Waals surface area contributed by atoms with E-state index in [-0.39, 0.29) is 23.7 Å². The van der Waals surface area contributed by atoms with Crippen LogP contribution in [-0.4, -0.2) is 29.3 Å². The van der Waals surface area contributed by atoms with E-state index in [1.807, 2.05) is 0 Å². The van der Waals surface area contributed by atoms with E-state index in [1.165, 1.54) is 6.07 Å². The summed E-state index contributed by atoms with van der Waals surface area (Å²) in [5, 5.41) is 22.1. The van der Waals surface area contributed by atoms with Crippen molar-refractivity contribution in [2.45, 2.75) is 19.6 Å². The van der Waals surface area contributed by atoms with Crippen molar-refractivity contribution < 1.29 is 23.5 Å². The minimum atomic E-state index is -3.09. The summed E-state index contributed by atoms with van der Waals surface area (Å²) in [5.74, 6) is -0.334. The number of nitro groups is 1. The second-order valence-electron chi connectivity index (χ2n) is 3.54. The lowest BCUT2D eigenvalue weighted by atomic mass is 10.2. The molecule has 1 atom stereocenters. The molecule has 0 heterocycles. The van der Waals surface area contributed by atoms with Crippen molar-refractivity contribution in [1.82, 2.24) is 0 Å². The summed E-state index contributed by atoms with van der Waals surface area (Å²) in [6, 6.07) is 2.91. The first kappa shape index (κ1) is 14.1.